The Morgan fingerprint density at radius 1 is 1.26 bits per heavy atom. The van der Waals surface area contributed by atoms with Crippen molar-refractivity contribution < 1.29 is 14.6 Å². The normalized spacial score (nSPS) is 11.1. The molecule has 0 atom stereocenters. The van der Waals surface area contributed by atoms with Crippen LogP contribution in [0.1, 0.15) is 41.2 Å². The summed E-state index contributed by atoms with van der Waals surface area (Å²) in [5.74, 6) is 0.879. The van der Waals surface area contributed by atoms with Crippen LogP contribution in [0.25, 0.3) is 5.69 Å². The quantitative estimate of drug-likeness (QED) is 0.597. The number of aromatic nitrogens is 2. The fraction of sp³-hybridized carbons (Fsp3) is 0.261. The number of carbonyl (C=O) groups is 1. The summed E-state index contributed by atoms with van der Waals surface area (Å²) in [5, 5.41) is 26.0. The number of hydrogen-bond donors (Lipinski definition) is 2. The van der Waals surface area contributed by atoms with Crippen LogP contribution in [0.15, 0.2) is 42.5 Å². The molecule has 0 saturated carbocycles. The molecule has 2 aromatic carbocycles. The van der Waals surface area contributed by atoms with Crippen LogP contribution in [0.2, 0.25) is 5.02 Å². The monoisotopic (exact) mass is 438 g/mol. The van der Waals surface area contributed by atoms with E-state index in [1.807, 2.05) is 19.9 Å². The zero-order valence-electron chi connectivity index (χ0n) is 17.7. The minimum absolute atomic E-state index is 0.160. The Hall–Kier alpha value is -3.34. The van der Waals surface area contributed by atoms with Crippen LogP contribution in [0, 0.1) is 25.2 Å². The van der Waals surface area contributed by atoms with Crippen molar-refractivity contribution in [1.82, 2.24) is 15.1 Å². The molecule has 0 spiro atoms. The Labute approximate surface area is 185 Å². The van der Waals surface area contributed by atoms with E-state index < -0.39 is 5.54 Å². The van der Waals surface area contributed by atoms with Crippen molar-refractivity contribution in [3.8, 4) is 23.3 Å². The van der Waals surface area contributed by atoms with Gasteiger partial charge in [-0.25, -0.2) is 4.68 Å². The van der Waals surface area contributed by atoms with Gasteiger partial charge < -0.3 is 15.2 Å². The van der Waals surface area contributed by atoms with E-state index in [4.69, 9.17) is 21.6 Å². The molecule has 3 aromatic rings. The van der Waals surface area contributed by atoms with Gasteiger partial charge in [0.25, 0.3) is 5.91 Å². The van der Waals surface area contributed by atoms with Gasteiger partial charge in [-0.3, -0.25) is 4.79 Å². The third-order valence-electron chi connectivity index (χ3n) is 4.73. The van der Waals surface area contributed by atoms with Crippen LogP contribution in [0.4, 0.5) is 0 Å². The van der Waals surface area contributed by atoms with Crippen molar-refractivity contribution in [2.75, 3.05) is 6.61 Å². The lowest BCUT2D eigenvalue weighted by molar-refractivity contribution is 0.0869. The Kier molecular flexibility index (Phi) is 6.34. The van der Waals surface area contributed by atoms with E-state index in [1.165, 1.54) is 0 Å². The van der Waals surface area contributed by atoms with E-state index in [-0.39, 0.29) is 12.5 Å². The molecule has 1 heterocycles. The summed E-state index contributed by atoms with van der Waals surface area (Å²) >= 11 is 6.16. The first-order chi connectivity index (χ1) is 14.6. The number of halogens is 1. The zero-order valence-corrected chi connectivity index (χ0v) is 18.5. The van der Waals surface area contributed by atoms with Crippen molar-refractivity contribution in [2.24, 2.45) is 0 Å². The molecule has 0 radical (unpaired) electrons. The number of aliphatic hydroxyl groups is 1. The second-order valence-corrected chi connectivity index (χ2v) is 8.22. The van der Waals surface area contributed by atoms with Crippen molar-refractivity contribution in [3.05, 3.63) is 70.0 Å². The molecule has 0 unspecified atom stereocenters. The molecule has 0 aliphatic rings. The lowest BCUT2D eigenvalue weighted by Gasteiger charge is -2.23. The number of ether oxygens (including phenoxy) is 1. The van der Waals surface area contributed by atoms with Crippen molar-refractivity contribution >= 4 is 17.5 Å². The molecule has 3 rings (SSSR count). The van der Waals surface area contributed by atoms with Crippen LogP contribution in [-0.4, -0.2) is 32.9 Å². The van der Waals surface area contributed by atoms with Crippen molar-refractivity contribution in [2.45, 2.75) is 33.2 Å². The highest BCUT2D eigenvalue weighted by molar-refractivity contribution is 6.31. The van der Waals surface area contributed by atoms with E-state index in [0.29, 0.717) is 33.3 Å². The summed E-state index contributed by atoms with van der Waals surface area (Å²) in [4.78, 5) is 12.3. The van der Waals surface area contributed by atoms with Crippen molar-refractivity contribution in [3.63, 3.8) is 0 Å². The lowest BCUT2D eigenvalue weighted by Crippen LogP contribution is -2.46. The number of amides is 1. The topological polar surface area (TPSA) is 100 Å². The Bertz CT molecular complexity index is 1160. The van der Waals surface area contributed by atoms with E-state index in [9.17, 15) is 9.90 Å². The Morgan fingerprint density at radius 3 is 2.52 bits per heavy atom. The standard InChI is InChI=1S/C23H23ClN4O3/c1-14-21(15(2)28(27-14)18-8-5-17(12-25)20(24)11-18)31-19-9-6-16(7-10-19)22(30)26-23(3,4)13-29/h5-11,29H,13H2,1-4H3,(H,26,30). The number of carbonyl (C=O) groups excluding carboxylic acids is 1. The number of aliphatic hydroxyl groups excluding tert-OH is 1. The van der Waals surface area contributed by atoms with Gasteiger partial charge in [0.2, 0.25) is 0 Å². The highest BCUT2D eigenvalue weighted by Gasteiger charge is 2.20. The van der Waals surface area contributed by atoms with E-state index in [2.05, 4.69) is 10.4 Å². The molecule has 0 bridgehead atoms. The minimum Gasteiger partial charge on any atom is -0.453 e. The summed E-state index contributed by atoms with van der Waals surface area (Å²) in [6.07, 6.45) is 0. The molecule has 0 aliphatic carbocycles. The Balaban J connectivity index is 1.82. The van der Waals surface area contributed by atoms with Gasteiger partial charge in [-0.05, 0) is 70.2 Å². The molecule has 0 fully saturated rings. The Morgan fingerprint density at radius 2 is 1.94 bits per heavy atom. The number of nitriles is 1. The van der Waals surface area contributed by atoms with Crippen LogP contribution in [-0.2, 0) is 0 Å². The van der Waals surface area contributed by atoms with Crippen LogP contribution >= 0.6 is 11.6 Å². The average Bonchev–Trinajstić information content (AvgIpc) is 3.02. The molecule has 8 heteroatoms. The molecule has 31 heavy (non-hydrogen) atoms. The summed E-state index contributed by atoms with van der Waals surface area (Å²) < 4.78 is 7.74. The fourth-order valence-electron chi connectivity index (χ4n) is 2.97. The third-order valence-corrected chi connectivity index (χ3v) is 5.04. The molecular formula is C23H23ClN4O3. The van der Waals surface area contributed by atoms with Gasteiger partial charge in [-0.1, -0.05) is 11.6 Å². The van der Waals surface area contributed by atoms with Gasteiger partial charge in [0, 0.05) is 5.56 Å². The smallest absolute Gasteiger partial charge is 0.251 e. The maximum Gasteiger partial charge on any atom is 0.251 e. The zero-order chi connectivity index (χ0) is 22.8. The largest absolute Gasteiger partial charge is 0.453 e. The molecular weight excluding hydrogens is 416 g/mol. The summed E-state index contributed by atoms with van der Waals surface area (Å²) in [5.41, 5.74) is 2.33. The van der Waals surface area contributed by atoms with Crippen LogP contribution in [0.5, 0.6) is 11.5 Å². The predicted molar refractivity (Wildman–Crippen MR) is 118 cm³/mol. The highest BCUT2D eigenvalue weighted by Crippen LogP contribution is 2.31. The minimum atomic E-state index is -0.705. The van der Waals surface area contributed by atoms with Gasteiger partial charge in [-0.2, -0.15) is 10.4 Å². The second-order valence-electron chi connectivity index (χ2n) is 7.81. The van der Waals surface area contributed by atoms with Crippen molar-refractivity contribution in [1.29, 1.82) is 5.26 Å². The average molecular weight is 439 g/mol. The summed E-state index contributed by atoms with van der Waals surface area (Å²) in [7, 11) is 0. The first-order valence-corrected chi connectivity index (χ1v) is 10.0. The van der Waals surface area contributed by atoms with E-state index in [0.717, 1.165) is 11.4 Å². The number of hydrogen-bond acceptors (Lipinski definition) is 5. The molecule has 2 N–H and O–H groups in total. The lowest BCUT2D eigenvalue weighted by atomic mass is 10.1. The van der Waals surface area contributed by atoms with Crippen LogP contribution in [0.3, 0.4) is 0 Å². The molecule has 1 aromatic heterocycles. The van der Waals surface area contributed by atoms with Gasteiger partial charge >= 0.3 is 0 Å². The number of aryl methyl sites for hydroxylation is 1. The summed E-state index contributed by atoms with van der Waals surface area (Å²) in [6.45, 7) is 7.04. The molecule has 160 valence electrons. The number of nitrogens with one attached hydrogen (secondary N) is 1. The highest BCUT2D eigenvalue weighted by atomic mass is 35.5. The van der Waals surface area contributed by atoms with Crippen LogP contribution < -0.4 is 10.1 Å². The van der Waals surface area contributed by atoms with Gasteiger partial charge in [0.15, 0.2) is 5.75 Å². The van der Waals surface area contributed by atoms with Gasteiger partial charge in [0.1, 0.15) is 17.5 Å². The number of rotatable bonds is 6. The van der Waals surface area contributed by atoms with Gasteiger partial charge in [0.05, 0.1) is 34.1 Å². The summed E-state index contributed by atoms with van der Waals surface area (Å²) in [6, 6.07) is 13.9. The molecule has 0 aliphatic heterocycles. The molecule has 1 amide bonds. The predicted octanol–water partition coefficient (Wildman–Crippen LogP) is 4.31. The molecule has 7 nitrogen and oxygen atoms in total. The second kappa shape index (κ2) is 8.80. The van der Waals surface area contributed by atoms with E-state index in [1.54, 1.807) is 61.0 Å². The first-order valence-electron chi connectivity index (χ1n) is 9.62. The molecule has 0 saturated heterocycles. The fourth-order valence-corrected chi connectivity index (χ4v) is 3.18. The number of benzene rings is 2. The number of nitrogens with zero attached hydrogens (tertiary/aromatic N) is 3. The maximum atomic E-state index is 12.3. The van der Waals surface area contributed by atoms with Gasteiger partial charge in [-0.15, -0.1) is 0 Å². The maximum absolute atomic E-state index is 12.3. The SMILES string of the molecule is Cc1nn(-c2ccc(C#N)c(Cl)c2)c(C)c1Oc1ccc(C(=O)NC(C)(C)CO)cc1. The first kappa shape index (κ1) is 22.3. The van der Waals surface area contributed by atoms with E-state index >= 15 is 0 Å². The third kappa shape index (κ3) is 4.88.